The van der Waals surface area contributed by atoms with E-state index in [0.717, 1.165) is 25.3 Å². The van der Waals surface area contributed by atoms with Crippen LogP contribution in [0, 0.1) is 5.92 Å². The Hall–Kier alpha value is -1.33. The molecule has 0 spiro atoms. The molecule has 2 unspecified atom stereocenters. The van der Waals surface area contributed by atoms with Gasteiger partial charge in [0, 0.05) is 13.0 Å². The van der Waals surface area contributed by atoms with Crippen molar-refractivity contribution in [3.05, 3.63) is 24.2 Å². The number of hydrogen-bond donors (Lipinski definition) is 2. The second-order valence-electron chi connectivity index (χ2n) is 5.70. The van der Waals surface area contributed by atoms with E-state index >= 15 is 0 Å². The van der Waals surface area contributed by atoms with Gasteiger partial charge in [0.1, 0.15) is 5.76 Å². The van der Waals surface area contributed by atoms with Gasteiger partial charge < -0.3 is 15.1 Å². The van der Waals surface area contributed by atoms with Crippen LogP contribution in [0.3, 0.4) is 0 Å². The van der Waals surface area contributed by atoms with Gasteiger partial charge in [-0.25, -0.2) is 0 Å². The maximum absolute atomic E-state index is 11.9. The summed E-state index contributed by atoms with van der Waals surface area (Å²) in [5.74, 6) is 1.68. The molecule has 5 heteroatoms. The molecule has 1 aromatic rings. The summed E-state index contributed by atoms with van der Waals surface area (Å²) in [7, 11) is 3.98. The lowest BCUT2D eigenvalue weighted by atomic mass is 10.0. The zero-order valence-electron chi connectivity index (χ0n) is 12.4. The van der Waals surface area contributed by atoms with Crippen LogP contribution in [0.5, 0.6) is 0 Å². The van der Waals surface area contributed by atoms with Crippen LogP contribution < -0.4 is 10.6 Å². The number of furan rings is 1. The van der Waals surface area contributed by atoms with Crippen molar-refractivity contribution in [1.82, 2.24) is 15.5 Å². The molecule has 2 atom stereocenters. The fourth-order valence-electron chi connectivity index (χ4n) is 2.61. The van der Waals surface area contributed by atoms with Crippen LogP contribution in [0.25, 0.3) is 0 Å². The molecule has 0 aliphatic carbocycles. The average Bonchev–Trinajstić information content (AvgIpc) is 3.09. The van der Waals surface area contributed by atoms with E-state index in [9.17, 15) is 4.79 Å². The quantitative estimate of drug-likeness (QED) is 0.792. The smallest absolute Gasteiger partial charge is 0.220 e. The van der Waals surface area contributed by atoms with Crippen LogP contribution >= 0.6 is 0 Å². The highest BCUT2D eigenvalue weighted by molar-refractivity contribution is 5.75. The largest absolute Gasteiger partial charge is 0.468 e. The van der Waals surface area contributed by atoms with E-state index in [2.05, 4.69) is 15.5 Å². The lowest BCUT2D eigenvalue weighted by molar-refractivity contribution is -0.121. The second kappa shape index (κ2) is 7.45. The summed E-state index contributed by atoms with van der Waals surface area (Å²) < 4.78 is 5.43. The molecular formula is C15H25N3O2. The van der Waals surface area contributed by atoms with E-state index < -0.39 is 0 Å². The van der Waals surface area contributed by atoms with E-state index in [1.165, 1.54) is 6.42 Å². The molecule has 1 saturated heterocycles. The van der Waals surface area contributed by atoms with Crippen molar-refractivity contribution in [3.8, 4) is 0 Å². The highest BCUT2D eigenvalue weighted by Crippen LogP contribution is 2.18. The van der Waals surface area contributed by atoms with Crippen molar-refractivity contribution in [2.75, 3.05) is 33.7 Å². The fourth-order valence-corrected chi connectivity index (χ4v) is 2.61. The van der Waals surface area contributed by atoms with Gasteiger partial charge in [0.05, 0.1) is 12.3 Å². The highest BCUT2D eigenvalue weighted by Gasteiger charge is 2.19. The van der Waals surface area contributed by atoms with Gasteiger partial charge in [-0.3, -0.25) is 9.69 Å². The van der Waals surface area contributed by atoms with Gasteiger partial charge in [-0.2, -0.15) is 0 Å². The summed E-state index contributed by atoms with van der Waals surface area (Å²) in [5, 5.41) is 6.34. The molecule has 2 N–H and O–H groups in total. The average molecular weight is 279 g/mol. The predicted octanol–water partition coefficient (Wildman–Crippen LogP) is 1.39. The maximum atomic E-state index is 11.9. The zero-order chi connectivity index (χ0) is 14.4. The Morgan fingerprint density at radius 3 is 3.05 bits per heavy atom. The lowest BCUT2D eigenvalue weighted by Crippen LogP contribution is -2.34. The van der Waals surface area contributed by atoms with Crippen LogP contribution in [0.2, 0.25) is 0 Å². The molecule has 0 bridgehead atoms. The van der Waals surface area contributed by atoms with E-state index in [0.29, 0.717) is 18.9 Å². The molecule has 1 aliphatic rings. The lowest BCUT2D eigenvalue weighted by Gasteiger charge is -2.22. The molecule has 0 aromatic carbocycles. The minimum atomic E-state index is 0.0853. The third kappa shape index (κ3) is 4.35. The molecule has 20 heavy (non-hydrogen) atoms. The molecule has 1 aliphatic heterocycles. The number of nitrogens with zero attached hydrogens (tertiary/aromatic N) is 1. The SMILES string of the molecule is CN(C)C(CNC(=O)CCC1CCNC1)c1ccco1. The van der Waals surface area contributed by atoms with Crippen molar-refractivity contribution in [1.29, 1.82) is 0 Å². The summed E-state index contributed by atoms with van der Waals surface area (Å²) in [4.78, 5) is 14.0. The zero-order valence-corrected chi connectivity index (χ0v) is 12.4. The molecule has 112 valence electrons. The first-order valence-corrected chi connectivity index (χ1v) is 7.34. The minimum absolute atomic E-state index is 0.0853. The summed E-state index contributed by atoms with van der Waals surface area (Å²) in [6.07, 6.45) is 4.46. The molecule has 1 aromatic heterocycles. The minimum Gasteiger partial charge on any atom is -0.468 e. The Morgan fingerprint density at radius 2 is 2.45 bits per heavy atom. The molecule has 1 amide bonds. The fraction of sp³-hybridized carbons (Fsp3) is 0.667. The molecule has 2 heterocycles. The van der Waals surface area contributed by atoms with Crippen LogP contribution in [-0.2, 0) is 4.79 Å². The first-order valence-electron chi connectivity index (χ1n) is 7.34. The van der Waals surface area contributed by atoms with Crippen LogP contribution in [0.4, 0.5) is 0 Å². The number of hydrogen-bond acceptors (Lipinski definition) is 4. The van der Waals surface area contributed by atoms with Crippen LogP contribution in [-0.4, -0.2) is 44.5 Å². The summed E-state index contributed by atoms with van der Waals surface area (Å²) in [6.45, 7) is 2.73. The maximum Gasteiger partial charge on any atom is 0.220 e. The van der Waals surface area contributed by atoms with Crippen LogP contribution in [0.1, 0.15) is 31.1 Å². The van der Waals surface area contributed by atoms with Gasteiger partial charge >= 0.3 is 0 Å². The molecule has 1 fully saturated rings. The Bertz CT molecular complexity index is 397. The van der Waals surface area contributed by atoms with Gasteiger partial charge in [-0.1, -0.05) is 0 Å². The normalized spacial score (nSPS) is 20.2. The van der Waals surface area contributed by atoms with Gasteiger partial charge in [0.2, 0.25) is 5.91 Å². The predicted molar refractivity (Wildman–Crippen MR) is 78.4 cm³/mol. The van der Waals surface area contributed by atoms with E-state index in [1.807, 2.05) is 26.2 Å². The Morgan fingerprint density at radius 1 is 1.60 bits per heavy atom. The Kier molecular flexibility index (Phi) is 5.61. The first kappa shape index (κ1) is 15.1. The van der Waals surface area contributed by atoms with Crippen LogP contribution in [0.15, 0.2) is 22.8 Å². The summed E-state index contributed by atoms with van der Waals surface area (Å²) in [6, 6.07) is 3.91. The second-order valence-corrected chi connectivity index (χ2v) is 5.70. The van der Waals surface area contributed by atoms with Crippen molar-refractivity contribution in [2.24, 2.45) is 5.92 Å². The standard InChI is InChI=1S/C15H25N3O2/c1-18(2)13(14-4-3-9-20-14)11-17-15(19)6-5-12-7-8-16-10-12/h3-4,9,12-13,16H,5-8,10-11H2,1-2H3,(H,17,19). The molecule has 5 nitrogen and oxygen atoms in total. The number of amides is 1. The molecular weight excluding hydrogens is 254 g/mol. The summed E-state index contributed by atoms with van der Waals surface area (Å²) >= 11 is 0. The Balaban J connectivity index is 1.73. The first-order chi connectivity index (χ1) is 9.66. The topological polar surface area (TPSA) is 57.5 Å². The Labute approximate surface area is 120 Å². The summed E-state index contributed by atoms with van der Waals surface area (Å²) in [5.41, 5.74) is 0. The monoisotopic (exact) mass is 279 g/mol. The number of carbonyl (C=O) groups is 1. The van der Waals surface area contributed by atoms with Crippen molar-refractivity contribution >= 4 is 5.91 Å². The van der Waals surface area contributed by atoms with Crippen molar-refractivity contribution < 1.29 is 9.21 Å². The van der Waals surface area contributed by atoms with E-state index in [-0.39, 0.29) is 11.9 Å². The number of carbonyl (C=O) groups excluding carboxylic acids is 1. The van der Waals surface area contributed by atoms with Crippen molar-refractivity contribution in [3.63, 3.8) is 0 Å². The highest BCUT2D eigenvalue weighted by atomic mass is 16.3. The van der Waals surface area contributed by atoms with Gasteiger partial charge in [0.25, 0.3) is 0 Å². The molecule has 0 radical (unpaired) electrons. The van der Waals surface area contributed by atoms with Gasteiger partial charge in [-0.15, -0.1) is 0 Å². The van der Waals surface area contributed by atoms with Gasteiger partial charge in [-0.05, 0) is 58.1 Å². The third-order valence-electron chi connectivity index (χ3n) is 3.93. The van der Waals surface area contributed by atoms with Gasteiger partial charge in [0.15, 0.2) is 0 Å². The molecule has 2 rings (SSSR count). The molecule has 0 saturated carbocycles. The number of rotatable bonds is 7. The number of likely N-dealkylation sites (N-methyl/N-ethyl adjacent to an activating group) is 1. The third-order valence-corrected chi connectivity index (χ3v) is 3.93. The van der Waals surface area contributed by atoms with E-state index in [1.54, 1.807) is 6.26 Å². The number of nitrogens with one attached hydrogen (secondary N) is 2. The van der Waals surface area contributed by atoms with Crippen molar-refractivity contribution in [2.45, 2.75) is 25.3 Å². The van der Waals surface area contributed by atoms with E-state index in [4.69, 9.17) is 4.42 Å².